The van der Waals surface area contributed by atoms with Crippen molar-refractivity contribution in [1.29, 1.82) is 0 Å². The Bertz CT molecular complexity index is 1020. The molecule has 1 aromatic heterocycles. The number of fused-ring (bicyclic) bond motifs is 1. The van der Waals surface area contributed by atoms with E-state index in [2.05, 4.69) is 0 Å². The van der Waals surface area contributed by atoms with Crippen LogP contribution in [0.2, 0.25) is 0 Å². The summed E-state index contributed by atoms with van der Waals surface area (Å²) < 4.78 is 7.55. The molecular weight excluding hydrogens is 326 g/mol. The Morgan fingerprint density at radius 3 is 2.38 bits per heavy atom. The van der Waals surface area contributed by atoms with Crippen LogP contribution in [0.25, 0.3) is 11.1 Å². The molecule has 0 saturated carbocycles. The zero-order valence-electron chi connectivity index (χ0n) is 14.6. The summed E-state index contributed by atoms with van der Waals surface area (Å²) in [5.41, 5.74) is 2.85. The first-order valence-corrected chi connectivity index (χ1v) is 8.74. The minimum Gasteiger partial charge on any atom is -0.457 e. The third-order valence-corrected chi connectivity index (χ3v) is 4.72. The van der Waals surface area contributed by atoms with Crippen LogP contribution in [0.3, 0.4) is 0 Å². The highest BCUT2D eigenvalue weighted by Crippen LogP contribution is 2.27. The maximum absolute atomic E-state index is 12.8. The molecule has 0 N–H and O–H groups in total. The number of nitrogens with zero attached hydrogens (tertiary/aromatic N) is 1. The first-order valence-electron chi connectivity index (χ1n) is 8.74. The van der Waals surface area contributed by atoms with Crippen molar-refractivity contribution in [1.82, 2.24) is 4.57 Å². The average Bonchev–Trinajstić information content (AvgIpc) is 3.14. The number of carbonyl (C=O) groups excluding carboxylic acids is 1. The highest BCUT2D eigenvalue weighted by atomic mass is 16.5. The molecule has 0 fully saturated rings. The van der Waals surface area contributed by atoms with Gasteiger partial charge in [-0.25, -0.2) is 0 Å². The third-order valence-electron chi connectivity index (χ3n) is 4.72. The van der Waals surface area contributed by atoms with Crippen molar-refractivity contribution in [3.05, 3.63) is 82.3 Å². The van der Waals surface area contributed by atoms with Crippen molar-refractivity contribution >= 4 is 5.78 Å². The van der Waals surface area contributed by atoms with Gasteiger partial charge in [-0.15, -0.1) is 0 Å². The molecule has 2 heterocycles. The van der Waals surface area contributed by atoms with Crippen molar-refractivity contribution in [3.63, 3.8) is 0 Å². The van der Waals surface area contributed by atoms with Gasteiger partial charge in [-0.05, 0) is 55.7 Å². The second-order valence-electron chi connectivity index (χ2n) is 6.47. The van der Waals surface area contributed by atoms with Gasteiger partial charge in [-0.3, -0.25) is 9.59 Å². The molecule has 0 atom stereocenters. The first-order chi connectivity index (χ1) is 12.6. The molecule has 130 valence electrons. The van der Waals surface area contributed by atoms with Gasteiger partial charge >= 0.3 is 0 Å². The van der Waals surface area contributed by atoms with Crippen molar-refractivity contribution in [3.8, 4) is 22.6 Å². The van der Waals surface area contributed by atoms with E-state index in [0.29, 0.717) is 23.4 Å². The van der Waals surface area contributed by atoms with Gasteiger partial charge in [0.05, 0.1) is 0 Å². The van der Waals surface area contributed by atoms with E-state index in [0.717, 1.165) is 29.8 Å². The monoisotopic (exact) mass is 345 g/mol. The lowest BCUT2D eigenvalue weighted by atomic mass is 10.0. The molecule has 0 radical (unpaired) electrons. The number of ether oxygens (including phenoxy) is 1. The lowest BCUT2D eigenvalue weighted by molar-refractivity contribution is 0.101. The lowest BCUT2D eigenvalue weighted by Gasteiger charge is -2.12. The topological polar surface area (TPSA) is 48.3 Å². The number of para-hydroxylation sites is 1. The van der Waals surface area contributed by atoms with E-state index in [1.165, 1.54) is 0 Å². The SMILES string of the molecule is CC(=O)c1cc(-c2ccc(Oc3ccccc3)cc2)c(=O)n2c1CCC2. The number of hydrogen-bond acceptors (Lipinski definition) is 3. The van der Waals surface area contributed by atoms with Gasteiger partial charge in [-0.2, -0.15) is 0 Å². The van der Waals surface area contributed by atoms with Crippen LogP contribution >= 0.6 is 0 Å². The molecule has 4 heteroatoms. The lowest BCUT2D eigenvalue weighted by Crippen LogP contribution is -2.23. The van der Waals surface area contributed by atoms with Crippen LogP contribution in [0, 0.1) is 0 Å². The number of pyridine rings is 1. The predicted molar refractivity (Wildman–Crippen MR) is 101 cm³/mol. The number of rotatable bonds is 4. The van der Waals surface area contributed by atoms with Crippen LogP contribution in [0.1, 0.15) is 29.4 Å². The van der Waals surface area contributed by atoms with E-state index in [4.69, 9.17) is 4.74 Å². The van der Waals surface area contributed by atoms with E-state index in [-0.39, 0.29) is 11.3 Å². The molecule has 0 unspecified atom stereocenters. The second-order valence-corrected chi connectivity index (χ2v) is 6.47. The Morgan fingerprint density at radius 1 is 1.00 bits per heavy atom. The summed E-state index contributed by atoms with van der Waals surface area (Å²) in [5.74, 6) is 1.46. The van der Waals surface area contributed by atoms with E-state index >= 15 is 0 Å². The van der Waals surface area contributed by atoms with Gasteiger partial charge in [0, 0.05) is 23.4 Å². The van der Waals surface area contributed by atoms with Gasteiger partial charge in [-0.1, -0.05) is 30.3 Å². The highest BCUT2D eigenvalue weighted by molar-refractivity contribution is 5.96. The fraction of sp³-hybridized carbons (Fsp3) is 0.182. The molecule has 0 aliphatic carbocycles. The summed E-state index contributed by atoms with van der Waals surface area (Å²) in [6.45, 7) is 2.23. The Hall–Kier alpha value is -3.14. The molecular formula is C22H19NO3. The van der Waals surface area contributed by atoms with E-state index in [1.54, 1.807) is 17.6 Å². The number of carbonyl (C=O) groups is 1. The first kappa shape index (κ1) is 16.3. The Morgan fingerprint density at radius 2 is 1.69 bits per heavy atom. The summed E-state index contributed by atoms with van der Waals surface area (Å²) in [7, 11) is 0. The zero-order chi connectivity index (χ0) is 18.1. The van der Waals surface area contributed by atoms with Crippen LogP contribution in [-0.2, 0) is 13.0 Å². The van der Waals surface area contributed by atoms with Crippen LogP contribution < -0.4 is 10.3 Å². The zero-order valence-corrected chi connectivity index (χ0v) is 14.6. The van der Waals surface area contributed by atoms with Crippen LogP contribution in [0.15, 0.2) is 65.5 Å². The second kappa shape index (κ2) is 6.64. The highest BCUT2D eigenvalue weighted by Gasteiger charge is 2.21. The van der Waals surface area contributed by atoms with E-state index < -0.39 is 0 Å². The predicted octanol–water partition coefficient (Wildman–Crippen LogP) is 4.46. The van der Waals surface area contributed by atoms with Crippen molar-refractivity contribution < 1.29 is 9.53 Å². The Kier molecular flexibility index (Phi) is 4.17. The molecule has 0 bridgehead atoms. The summed E-state index contributed by atoms with van der Waals surface area (Å²) in [6, 6.07) is 18.7. The summed E-state index contributed by atoms with van der Waals surface area (Å²) in [4.78, 5) is 24.9. The molecule has 3 aromatic rings. The average molecular weight is 345 g/mol. The number of aromatic nitrogens is 1. The minimum atomic E-state index is -0.0285. The molecule has 1 aliphatic heterocycles. The van der Waals surface area contributed by atoms with Gasteiger partial charge < -0.3 is 9.30 Å². The van der Waals surface area contributed by atoms with Crippen molar-refractivity contribution in [2.24, 2.45) is 0 Å². The summed E-state index contributed by atoms with van der Waals surface area (Å²) in [5, 5.41) is 0. The smallest absolute Gasteiger partial charge is 0.258 e. The summed E-state index contributed by atoms with van der Waals surface area (Å²) in [6.07, 6.45) is 1.69. The quantitative estimate of drug-likeness (QED) is 0.656. The largest absolute Gasteiger partial charge is 0.457 e. The molecule has 4 rings (SSSR count). The molecule has 26 heavy (non-hydrogen) atoms. The number of hydrogen-bond donors (Lipinski definition) is 0. The van der Waals surface area contributed by atoms with Gasteiger partial charge in [0.2, 0.25) is 0 Å². The van der Waals surface area contributed by atoms with Gasteiger partial charge in [0.15, 0.2) is 5.78 Å². The maximum atomic E-state index is 12.8. The standard InChI is InChI=1S/C22H19NO3/c1-15(24)19-14-20(22(25)23-13-5-8-21(19)23)16-9-11-18(12-10-16)26-17-6-3-2-4-7-17/h2-4,6-7,9-12,14H,5,8,13H2,1H3. The molecule has 4 nitrogen and oxygen atoms in total. The summed E-state index contributed by atoms with van der Waals surface area (Å²) >= 11 is 0. The van der Waals surface area contributed by atoms with Crippen LogP contribution in [-0.4, -0.2) is 10.4 Å². The normalized spacial score (nSPS) is 12.7. The molecule has 0 saturated heterocycles. The van der Waals surface area contributed by atoms with Gasteiger partial charge in [0.1, 0.15) is 11.5 Å². The minimum absolute atomic E-state index is 0.000862. The Labute approximate surface area is 151 Å². The number of ketones is 1. The van der Waals surface area contributed by atoms with Gasteiger partial charge in [0.25, 0.3) is 5.56 Å². The molecule has 2 aromatic carbocycles. The van der Waals surface area contributed by atoms with Crippen molar-refractivity contribution in [2.45, 2.75) is 26.3 Å². The molecule has 0 spiro atoms. The van der Waals surface area contributed by atoms with Crippen LogP contribution in [0.4, 0.5) is 0 Å². The van der Waals surface area contributed by atoms with Crippen molar-refractivity contribution in [2.75, 3.05) is 0 Å². The van der Waals surface area contributed by atoms with E-state index in [1.807, 2.05) is 54.6 Å². The fourth-order valence-corrected chi connectivity index (χ4v) is 3.45. The van der Waals surface area contributed by atoms with E-state index in [9.17, 15) is 9.59 Å². The molecule has 0 amide bonds. The number of benzene rings is 2. The third kappa shape index (κ3) is 2.94. The van der Waals surface area contributed by atoms with Crippen LogP contribution in [0.5, 0.6) is 11.5 Å². The maximum Gasteiger partial charge on any atom is 0.258 e. The molecule has 1 aliphatic rings. The Balaban J connectivity index is 1.71. The number of Topliss-reactive ketones (excluding diaryl/α,β-unsaturated/α-hetero) is 1. The fourth-order valence-electron chi connectivity index (χ4n) is 3.45.